The van der Waals surface area contributed by atoms with E-state index in [0.29, 0.717) is 58.9 Å². The van der Waals surface area contributed by atoms with Crippen molar-refractivity contribution in [2.24, 2.45) is 0 Å². The first kappa shape index (κ1) is 26.0. The number of carboxylic acid groups (broad SMARTS) is 1. The van der Waals surface area contributed by atoms with Gasteiger partial charge in [-0.05, 0) is 65.2 Å². The van der Waals surface area contributed by atoms with Gasteiger partial charge in [-0.3, -0.25) is 4.18 Å². The minimum atomic E-state index is -3.64. The Balaban J connectivity index is 1.55. The van der Waals surface area contributed by atoms with Crippen molar-refractivity contribution >= 4 is 45.2 Å². The maximum Gasteiger partial charge on any atom is 0.407 e. The number of nitrogens with zero attached hydrogens (tertiary/aromatic N) is 3. The number of hydrogen-bond donors (Lipinski definition) is 1. The lowest BCUT2D eigenvalue weighted by Crippen LogP contribution is -2.48. The number of anilines is 1. The number of hydrogen-bond acceptors (Lipinski definition) is 7. The summed E-state index contributed by atoms with van der Waals surface area (Å²) in [5, 5.41) is 10.0. The molecule has 0 aliphatic carbocycles. The quantitative estimate of drug-likeness (QED) is 0.402. The third-order valence-electron chi connectivity index (χ3n) is 5.43. The van der Waals surface area contributed by atoms with Gasteiger partial charge in [0.1, 0.15) is 17.3 Å². The molecule has 1 aliphatic rings. The Bertz CT molecular complexity index is 1340. The minimum Gasteiger partial charge on any atom is -0.465 e. The van der Waals surface area contributed by atoms with Crippen LogP contribution in [0.3, 0.4) is 0 Å². The van der Waals surface area contributed by atoms with Crippen molar-refractivity contribution in [1.82, 2.24) is 9.88 Å². The lowest BCUT2D eigenvalue weighted by atomic mass is 10.0. The van der Waals surface area contributed by atoms with Crippen LogP contribution in [0.25, 0.3) is 11.1 Å². The van der Waals surface area contributed by atoms with Gasteiger partial charge in [0.15, 0.2) is 0 Å². The van der Waals surface area contributed by atoms with Crippen LogP contribution < -0.4 is 9.64 Å². The Morgan fingerprint density at radius 2 is 1.64 bits per heavy atom. The molecule has 1 fully saturated rings. The molecular weight excluding hydrogens is 529 g/mol. The molecule has 0 radical (unpaired) electrons. The summed E-state index contributed by atoms with van der Waals surface area (Å²) in [5.74, 6) is 1.64. The first-order chi connectivity index (χ1) is 17.1. The fourth-order valence-electron chi connectivity index (χ4n) is 3.75. The van der Waals surface area contributed by atoms with Crippen LogP contribution in [0.15, 0.2) is 54.7 Å². The van der Waals surface area contributed by atoms with Crippen LogP contribution in [0.4, 0.5) is 10.6 Å². The van der Waals surface area contributed by atoms with E-state index in [1.165, 1.54) is 4.90 Å². The predicted octanol–water partition coefficient (Wildman–Crippen LogP) is 5.12. The normalized spacial score (nSPS) is 14.1. The molecule has 190 valence electrons. The number of ether oxygens (including phenoxy) is 1. The van der Waals surface area contributed by atoms with E-state index in [2.05, 4.69) is 4.98 Å². The summed E-state index contributed by atoms with van der Waals surface area (Å²) >= 11 is 12.3. The highest BCUT2D eigenvalue weighted by molar-refractivity contribution is 7.85. The van der Waals surface area contributed by atoms with Crippen molar-refractivity contribution in [2.45, 2.75) is 6.61 Å². The molecule has 12 heteroatoms. The largest absolute Gasteiger partial charge is 0.465 e. The molecule has 3 aromatic rings. The second-order valence-electron chi connectivity index (χ2n) is 8.20. The number of halogens is 2. The molecule has 1 N–H and O–H groups in total. The second-order valence-corrected chi connectivity index (χ2v) is 10.7. The molecule has 1 aromatic heterocycles. The van der Waals surface area contributed by atoms with Crippen molar-refractivity contribution in [2.75, 3.05) is 37.3 Å². The maximum atomic E-state index is 11.5. The van der Waals surface area contributed by atoms with Gasteiger partial charge in [0, 0.05) is 36.2 Å². The summed E-state index contributed by atoms with van der Waals surface area (Å²) < 4.78 is 34.0. The summed E-state index contributed by atoms with van der Waals surface area (Å²) in [4.78, 5) is 18.9. The molecule has 0 spiro atoms. The van der Waals surface area contributed by atoms with E-state index in [1.807, 2.05) is 4.90 Å². The summed E-state index contributed by atoms with van der Waals surface area (Å²) in [5.41, 5.74) is 2.02. The third-order valence-corrected chi connectivity index (χ3v) is 6.41. The number of carbonyl (C=O) groups is 1. The van der Waals surface area contributed by atoms with Gasteiger partial charge in [0.25, 0.3) is 10.1 Å². The Hall–Kier alpha value is -3.05. The van der Waals surface area contributed by atoms with Gasteiger partial charge in [-0.25, -0.2) is 9.78 Å². The van der Waals surface area contributed by atoms with Crippen molar-refractivity contribution in [3.8, 4) is 22.6 Å². The monoisotopic (exact) mass is 551 g/mol. The van der Waals surface area contributed by atoms with E-state index in [4.69, 9.17) is 37.2 Å². The summed E-state index contributed by atoms with van der Waals surface area (Å²) in [6.45, 7) is 1.75. The lowest BCUT2D eigenvalue weighted by molar-refractivity contribution is 0.142. The molecule has 0 bridgehead atoms. The third kappa shape index (κ3) is 7.01. The van der Waals surface area contributed by atoms with Gasteiger partial charge in [0.05, 0.1) is 19.1 Å². The highest BCUT2D eigenvalue weighted by atomic mass is 35.5. The number of pyridine rings is 1. The number of rotatable bonds is 7. The first-order valence-electron chi connectivity index (χ1n) is 10.9. The summed E-state index contributed by atoms with van der Waals surface area (Å²) in [6.07, 6.45) is 1.64. The maximum absolute atomic E-state index is 11.5. The van der Waals surface area contributed by atoms with Crippen molar-refractivity contribution in [3.05, 3.63) is 70.3 Å². The van der Waals surface area contributed by atoms with Crippen molar-refractivity contribution in [1.29, 1.82) is 0 Å². The van der Waals surface area contributed by atoms with Gasteiger partial charge in [-0.1, -0.05) is 23.2 Å². The van der Waals surface area contributed by atoms with E-state index in [9.17, 15) is 13.2 Å². The second kappa shape index (κ2) is 10.9. The first-order valence-corrected chi connectivity index (χ1v) is 13.4. The number of aromatic nitrogens is 1. The Morgan fingerprint density at radius 1 is 0.972 bits per heavy atom. The zero-order chi connectivity index (χ0) is 25.9. The molecule has 9 nitrogen and oxygen atoms in total. The van der Waals surface area contributed by atoms with E-state index < -0.39 is 16.2 Å². The molecule has 1 saturated heterocycles. The fourth-order valence-corrected chi connectivity index (χ4v) is 4.62. The van der Waals surface area contributed by atoms with Gasteiger partial charge in [-0.2, -0.15) is 8.42 Å². The molecule has 2 aromatic carbocycles. The van der Waals surface area contributed by atoms with Gasteiger partial charge < -0.3 is 19.6 Å². The van der Waals surface area contributed by atoms with Gasteiger partial charge in [0.2, 0.25) is 0 Å². The zero-order valence-corrected chi connectivity index (χ0v) is 21.6. The molecule has 0 saturated carbocycles. The van der Waals surface area contributed by atoms with E-state index in [0.717, 1.165) is 17.6 Å². The summed E-state index contributed by atoms with van der Waals surface area (Å²) in [6, 6.07) is 13.9. The predicted molar refractivity (Wildman–Crippen MR) is 138 cm³/mol. The number of benzene rings is 2. The smallest absolute Gasteiger partial charge is 0.407 e. The van der Waals surface area contributed by atoms with Crippen LogP contribution in [0.1, 0.15) is 5.56 Å². The average Bonchev–Trinajstić information content (AvgIpc) is 2.82. The van der Waals surface area contributed by atoms with Crippen LogP contribution in [0.2, 0.25) is 10.0 Å². The highest BCUT2D eigenvalue weighted by Crippen LogP contribution is 2.33. The van der Waals surface area contributed by atoms with Gasteiger partial charge >= 0.3 is 6.09 Å². The van der Waals surface area contributed by atoms with Crippen molar-refractivity contribution < 1.29 is 27.2 Å². The number of piperazine rings is 1. The molecule has 4 rings (SSSR count). The number of amides is 1. The highest BCUT2D eigenvalue weighted by Gasteiger charge is 2.21. The SMILES string of the molecule is CS(=O)(=O)OCc1cc(Oc2ccc(N3CCN(C(=O)O)CC3)nc2)cc(-c2cc(Cl)cc(Cl)c2)c1. The molecule has 36 heavy (non-hydrogen) atoms. The minimum absolute atomic E-state index is 0.170. The molecule has 0 unspecified atom stereocenters. The Kier molecular flexibility index (Phi) is 7.89. The van der Waals surface area contributed by atoms with Crippen molar-refractivity contribution in [3.63, 3.8) is 0 Å². The zero-order valence-electron chi connectivity index (χ0n) is 19.2. The molecular formula is C24H23Cl2N3O6S. The molecule has 1 amide bonds. The Labute approximate surface area is 218 Å². The van der Waals surface area contributed by atoms with E-state index >= 15 is 0 Å². The van der Waals surface area contributed by atoms with E-state index in [-0.39, 0.29) is 6.61 Å². The molecule has 1 aliphatic heterocycles. The van der Waals surface area contributed by atoms with Crippen LogP contribution in [0.5, 0.6) is 11.5 Å². The summed E-state index contributed by atoms with van der Waals surface area (Å²) in [7, 11) is -3.64. The Morgan fingerprint density at radius 3 is 2.22 bits per heavy atom. The van der Waals surface area contributed by atoms with E-state index in [1.54, 1.807) is 54.7 Å². The fraction of sp³-hybridized carbons (Fsp3) is 0.250. The standard InChI is InChI=1S/C24H23Cl2N3O6S/c1-36(32,33)34-15-16-8-17(18-10-19(25)13-20(26)11-18)12-22(9-16)35-21-2-3-23(27-14-21)28-4-6-29(7-5-28)24(30)31/h2-3,8-14H,4-7,15H2,1H3,(H,30,31). The van der Waals surface area contributed by atoms with Crippen LogP contribution >= 0.6 is 23.2 Å². The average molecular weight is 552 g/mol. The lowest BCUT2D eigenvalue weighted by Gasteiger charge is -2.33. The topological polar surface area (TPSA) is 109 Å². The van der Waals surface area contributed by atoms with Crippen LogP contribution in [-0.2, 0) is 20.9 Å². The van der Waals surface area contributed by atoms with Crippen LogP contribution in [0, 0.1) is 0 Å². The van der Waals surface area contributed by atoms with Crippen LogP contribution in [-0.4, -0.2) is 61.9 Å². The molecule has 0 atom stereocenters. The van der Waals surface area contributed by atoms with Gasteiger partial charge in [-0.15, -0.1) is 0 Å². The molecule has 2 heterocycles.